The van der Waals surface area contributed by atoms with Gasteiger partial charge >= 0.3 is 0 Å². The molecule has 0 radical (unpaired) electrons. The summed E-state index contributed by atoms with van der Waals surface area (Å²) in [5.41, 5.74) is 1.17. The molecular formula is C18H18BrN5O3S. The second kappa shape index (κ2) is 7.51. The second-order valence-corrected chi connectivity index (χ2v) is 8.96. The lowest BCUT2D eigenvalue weighted by atomic mass is 10.2. The van der Waals surface area contributed by atoms with Gasteiger partial charge in [0, 0.05) is 15.7 Å². The number of rotatable bonds is 7. The minimum atomic E-state index is -3.85. The number of sulfonamides is 1. The van der Waals surface area contributed by atoms with Crippen molar-refractivity contribution >= 4 is 31.6 Å². The summed E-state index contributed by atoms with van der Waals surface area (Å²) in [7, 11) is -3.85. The Morgan fingerprint density at radius 3 is 2.82 bits per heavy atom. The predicted octanol–water partition coefficient (Wildman–Crippen LogP) is 3.64. The normalized spacial score (nSPS) is 14.1. The van der Waals surface area contributed by atoms with Crippen molar-refractivity contribution in [3.63, 3.8) is 0 Å². The molecule has 8 nitrogen and oxygen atoms in total. The minimum absolute atomic E-state index is 0.0666. The van der Waals surface area contributed by atoms with E-state index in [1.165, 1.54) is 6.07 Å². The maximum Gasteiger partial charge on any atom is 0.265 e. The van der Waals surface area contributed by atoms with Crippen LogP contribution in [0.5, 0.6) is 5.75 Å². The molecule has 0 atom stereocenters. The van der Waals surface area contributed by atoms with E-state index in [4.69, 9.17) is 4.74 Å². The van der Waals surface area contributed by atoms with E-state index in [-0.39, 0.29) is 4.90 Å². The molecule has 0 bridgehead atoms. The summed E-state index contributed by atoms with van der Waals surface area (Å²) in [6.07, 6.45) is 2.10. The van der Waals surface area contributed by atoms with Crippen LogP contribution in [0.1, 0.15) is 25.8 Å². The first-order valence-electron chi connectivity index (χ1n) is 8.81. The molecule has 4 rings (SSSR count). The molecule has 1 fully saturated rings. The highest BCUT2D eigenvalue weighted by molar-refractivity contribution is 9.10. The lowest BCUT2D eigenvalue weighted by Crippen LogP contribution is -2.14. The number of ether oxygens (including phenoxy) is 1. The van der Waals surface area contributed by atoms with Gasteiger partial charge < -0.3 is 4.74 Å². The monoisotopic (exact) mass is 463 g/mol. The maximum absolute atomic E-state index is 13.0. The molecule has 3 aromatic rings. The van der Waals surface area contributed by atoms with Crippen LogP contribution < -0.4 is 9.46 Å². The van der Waals surface area contributed by atoms with Crippen molar-refractivity contribution in [1.82, 2.24) is 20.2 Å². The molecule has 1 aliphatic rings. The van der Waals surface area contributed by atoms with Crippen LogP contribution >= 0.6 is 15.9 Å². The van der Waals surface area contributed by atoms with E-state index in [0.29, 0.717) is 34.4 Å². The highest BCUT2D eigenvalue weighted by Gasteiger charge is 2.28. The minimum Gasteiger partial charge on any atom is -0.492 e. The van der Waals surface area contributed by atoms with Crippen molar-refractivity contribution in [1.29, 1.82) is 0 Å². The third-order valence-electron chi connectivity index (χ3n) is 4.25. The quantitative estimate of drug-likeness (QED) is 0.573. The van der Waals surface area contributed by atoms with E-state index < -0.39 is 10.0 Å². The number of aromatic nitrogens is 4. The molecule has 0 amide bonds. The average molecular weight is 464 g/mol. The van der Waals surface area contributed by atoms with E-state index in [1.54, 1.807) is 41.9 Å². The summed E-state index contributed by atoms with van der Waals surface area (Å²) in [6.45, 7) is 2.17. The summed E-state index contributed by atoms with van der Waals surface area (Å²) in [4.78, 5) is 0.0666. The highest BCUT2D eigenvalue weighted by Crippen LogP contribution is 2.37. The van der Waals surface area contributed by atoms with E-state index in [0.717, 1.165) is 18.4 Å². The molecule has 0 spiro atoms. The Bertz CT molecular complexity index is 1110. The second-order valence-electron chi connectivity index (χ2n) is 6.39. The zero-order valence-electron chi connectivity index (χ0n) is 15.0. The fraction of sp³-hybridized carbons (Fsp3) is 0.278. The van der Waals surface area contributed by atoms with Crippen LogP contribution in [-0.4, -0.2) is 35.2 Å². The summed E-state index contributed by atoms with van der Waals surface area (Å²) in [5, 5.41) is 11.9. The Balaban J connectivity index is 1.66. The maximum atomic E-state index is 13.0. The van der Waals surface area contributed by atoms with Gasteiger partial charge in [-0.2, -0.15) is 0 Å². The Morgan fingerprint density at radius 2 is 2.07 bits per heavy atom. The number of tetrazole rings is 1. The lowest BCUT2D eigenvalue weighted by Gasteiger charge is -2.13. The molecule has 0 saturated heterocycles. The van der Waals surface area contributed by atoms with Crippen molar-refractivity contribution in [3.8, 4) is 17.1 Å². The Morgan fingerprint density at radius 1 is 1.25 bits per heavy atom. The molecule has 1 aliphatic carbocycles. The molecular weight excluding hydrogens is 446 g/mol. The van der Waals surface area contributed by atoms with Crippen LogP contribution in [0.4, 0.5) is 5.69 Å². The van der Waals surface area contributed by atoms with Crippen LogP contribution in [0.3, 0.4) is 0 Å². The third kappa shape index (κ3) is 3.88. The molecule has 1 heterocycles. The molecule has 146 valence electrons. The van der Waals surface area contributed by atoms with Gasteiger partial charge in [-0.05, 0) is 60.5 Å². The van der Waals surface area contributed by atoms with Gasteiger partial charge in [-0.25, -0.2) is 13.1 Å². The van der Waals surface area contributed by atoms with Gasteiger partial charge in [0.1, 0.15) is 10.6 Å². The fourth-order valence-electron chi connectivity index (χ4n) is 2.85. The molecule has 10 heteroatoms. The van der Waals surface area contributed by atoms with Gasteiger partial charge in [0.25, 0.3) is 10.0 Å². The Kier molecular flexibility index (Phi) is 5.07. The van der Waals surface area contributed by atoms with E-state index in [9.17, 15) is 8.42 Å². The Hall–Kier alpha value is -2.46. The highest BCUT2D eigenvalue weighted by atomic mass is 79.9. The zero-order valence-corrected chi connectivity index (χ0v) is 17.4. The number of anilines is 1. The van der Waals surface area contributed by atoms with E-state index in [2.05, 4.69) is 36.2 Å². The smallest absolute Gasteiger partial charge is 0.265 e. The van der Waals surface area contributed by atoms with Gasteiger partial charge in [-0.1, -0.05) is 28.1 Å². The van der Waals surface area contributed by atoms with Gasteiger partial charge in [0.15, 0.2) is 5.82 Å². The SMILES string of the molecule is CCOc1ccc(Br)cc1S(=O)(=O)Nc1cccc(-c2nnnn2C2CC2)c1. The summed E-state index contributed by atoms with van der Waals surface area (Å²) in [6, 6.07) is 12.2. The number of nitrogens with zero attached hydrogens (tertiary/aromatic N) is 4. The van der Waals surface area contributed by atoms with Crippen molar-refractivity contribution in [3.05, 3.63) is 46.9 Å². The molecule has 1 aromatic heterocycles. The molecule has 2 aromatic carbocycles. The number of benzene rings is 2. The van der Waals surface area contributed by atoms with Crippen molar-refractivity contribution in [2.24, 2.45) is 0 Å². The first-order chi connectivity index (χ1) is 13.5. The number of halogens is 1. The van der Waals surface area contributed by atoms with Crippen LogP contribution in [0, 0.1) is 0 Å². The van der Waals surface area contributed by atoms with E-state index >= 15 is 0 Å². The molecule has 0 aliphatic heterocycles. The van der Waals surface area contributed by atoms with Gasteiger partial charge in [-0.3, -0.25) is 4.72 Å². The van der Waals surface area contributed by atoms with Crippen molar-refractivity contribution in [2.75, 3.05) is 11.3 Å². The number of hydrogen-bond acceptors (Lipinski definition) is 6. The summed E-state index contributed by atoms with van der Waals surface area (Å²) in [5.74, 6) is 0.924. The van der Waals surface area contributed by atoms with Crippen LogP contribution in [0.2, 0.25) is 0 Å². The van der Waals surface area contributed by atoms with Crippen LogP contribution in [0.25, 0.3) is 11.4 Å². The predicted molar refractivity (Wildman–Crippen MR) is 108 cm³/mol. The largest absolute Gasteiger partial charge is 0.492 e. The van der Waals surface area contributed by atoms with Crippen LogP contribution in [0.15, 0.2) is 51.8 Å². The first-order valence-corrected chi connectivity index (χ1v) is 11.1. The lowest BCUT2D eigenvalue weighted by molar-refractivity contribution is 0.331. The standard InChI is InChI=1S/C18H18BrN5O3S/c1-2-27-16-9-6-13(19)11-17(16)28(25,26)21-14-5-3-4-12(10-14)18-20-22-23-24(18)15-7-8-15/h3-6,9-11,15,21H,2,7-8H2,1H3. The average Bonchev–Trinajstić information content (AvgIpc) is 3.39. The zero-order chi connectivity index (χ0) is 19.7. The molecule has 0 unspecified atom stereocenters. The number of nitrogens with one attached hydrogen (secondary N) is 1. The third-order valence-corrected chi connectivity index (χ3v) is 6.15. The summed E-state index contributed by atoms with van der Waals surface area (Å²) >= 11 is 3.32. The van der Waals surface area contributed by atoms with E-state index in [1.807, 2.05) is 6.07 Å². The molecule has 1 N–H and O–H groups in total. The van der Waals surface area contributed by atoms with Crippen molar-refractivity contribution in [2.45, 2.75) is 30.7 Å². The van der Waals surface area contributed by atoms with Gasteiger partial charge in [0.2, 0.25) is 0 Å². The Labute approximate surface area is 171 Å². The first kappa shape index (κ1) is 18.9. The fourth-order valence-corrected chi connectivity index (χ4v) is 4.58. The van der Waals surface area contributed by atoms with Crippen molar-refractivity contribution < 1.29 is 13.2 Å². The topological polar surface area (TPSA) is 99.0 Å². The van der Waals surface area contributed by atoms with Gasteiger partial charge in [0.05, 0.1) is 12.6 Å². The van der Waals surface area contributed by atoms with Gasteiger partial charge in [-0.15, -0.1) is 5.10 Å². The number of hydrogen-bond donors (Lipinski definition) is 1. The van der Waals surface area contributed by atoms with Crippen LogP contribution in [-0.2, 0) is 10.0 Å². The molecule has 28 heavy (non-hydrogen) atoms. The summed E-state index contributed by atoms with van der Waals surface area (Å²) < 4.78 is 36.5. The molecule has 1 saturated carbocycles.